The maximum atomic E-state index is 12.3. The fraction of sp³-hybridized carbons (Fsp3) is 0.267. The van der Waals surface area contributed by atoms with Crippen molar-refractivity contribution in [2.75, 3.05) is 5.32 Å². The second-order valence-corrected chi connectivity index (χ2v) is 6.72. The van der Waals surface area contributed by atoms with E-state index in [1.807, 2.05) is 24.6 Å². The van der Waals surface area contributed by atoms with E-state index in [4.69, 9.17) is 0 Å². The van der Waals surface area contributed by atoms with Crippen molar-refractivity contribution in [1.82, 2.24) is 39.6 Å². The lowest BCUT2D eigenvalue weighted by molar-refractivity contribution is 0.101. The number of anilines is 1. The Balaban J connectivity index is 1.41. The number of carbonyl (C=O) groups excluding carboxylic acids is 1. The van der Waals surface area contributed by atoms with Crippen molar-refractivity contribution >= 4 is 28.2 Å². The molecule has 1 amide bonds. The van der Waals surface area contributed by atoms with Crippen molar-refractivity contribution < 1.29 is 4.79 Å². The summed E-state index contributed by atoms with van der Waals surface area (Å²) in [4.78, 5) is 20.4. The van der Waals surface area contributed by atoms with E-state index in [0.29, 0.717) is 23.9 Å². The van der Waals surface area contributed by atoms with Crippen LogP contribution in [0.5, 0.6) is 0 Å². The normalized spacial score (nSPS) is 11.2. The number of amides is 1. The number of hydrogen-bond acceptors (Lipinski definition) is 8. The van der Waals surface area contributed by atoms with E-state index in [2.05, 4.69) is 35.7 Å². The summed E-state index contributed by atoms with van der Waals surface area (Å²) < 4.78 is 3.37. The molecule has 0 unspecified atom stereocenters. The third-order valence-corrected chi connectivity index (χ3v) is 4.55. The molecule has 1 N–H and O–H groups in total. The quantitative estimate of drug-likeness (QED) is 0.563. The predicted molar refractivity (Wildman–Crippen MR) is 94.0 cm³/mol. The molecule has 0 radical (unpaired) electrons. The van der Waals surface area contributed by atoms with E-state index >= 15 is 0 Å². The van der Waals surface area contributed by atoms with Gasteiger partial charge in [0.25, 0.3) is 11.7 Å². The lowest BCUT2D eigenvalue weighted by atomic mass is 10.4. The van der Waals surface area contributed by atoms with Gasteiger partial charge in [0.1, 0.15) is 5.01 Å². The topological polar surface area (TPSA) is 116 Å². The van der Waals surface area contributed by atoms with Gasteiger partial charge in [0.15, 0.2) is 0 Å². The third kappa shape index (κ3) is 3.28. The highest BCUT2D eigenvalue weighted by Gasteiger charge is 2.16. The van der Waals surface area contributed by atoms with Crippen molar-refractivity contribution in [2.24, 2.45) is 0 Å². The molecular weight excluding hydrogens is 354 g/mol. The van der Waals surface area contributed by atoms with Gasteiger partial charge in [0, 0.05) is 31.1 Å². The van der Waals surface area contributed by atoms with Crippen LogP contribution in [-0.4, -0.2) is 45.5 Å². The summed E-state index contributed by atoms with van der Waals surface area (Å²) in [5, 5.41) is 20.5. The average Bonchev–Trinajstić information content (AvgIpc) is 3.31. The van der Waals surface area contributed by atoms with Gasteiger partial charge in [-0.3, -0.25) is 14.8 Å². The SMILES string of the molecule is Cc1cc(C)n(CCc2nnc(NC(=O)c3nc4ncccn4n3)s2)n1. The van der Waals surface area contributed by atoms with Crippen LogP contribution in [0.2, 0.25) is 0 Å². The van der Waals surface area contributed by atoms with Crippen molar-refractivity contribution in [3.05, 3.63) is 46.7 Å². The second kappa shape index (κ2) is 6.59. The standard InChI is InChI=1S/C15H15N9OS/c1-9-8-10(2)23(21-9)7-4-11-19-20-15(26-11)18-13(25)12-17-14-16-5-3-6-24(14)22-12/h3,5-6,8H,4,7H2,1-2H3,(H,18,20,25). The highest BCUT2D eigenvalue weighted by Crippen LogP contribution is 2.17. The molecule has 26 heavy (non-hydrogen) atoms. The van der Waals surface area contributed by atoms with Crippen LogP contribution >= 0.6 is 11.3 Å². The van der Waals surface area contributed by atoms with Crippen LogP contribution in [0.4, 0.5) is 5.13 Å². The fourth-order valence-electron chi connectivity index (χ4n) is 2.49. The number of carbonyl (C=O) groups is 1. The van der Waals surface area contributed by atoms with Crippen LogP contribution in [0, 0.1) is 13.8 Å². The van der Waals surface area contributed by atoms with Crippen molar-refractivity contribution in [3.8, 4) is 0 Å². The molecule has 10 nitrogen and oxygen atoms in total. The molecule has 0 aliphatic carbocycles. The molecule has 132 valence electrons. The maximum Gasteiger partial charge on any atom is 0.297 e. The van der Waals surface area contributed by atoms with E-state index in [1.54, 1.807) is 18.5 Å². The summed E-state index contributed by atoms with van der Waals surface area (Å²) >= 11 is 1.32. The molecule has 4 rings (SSSR count). The van der Waals surface area contributed by atoms with Gasteiger partial charge in [-0.2, -0.15) is 10.1 Å². The Bertz CT molecular complexity index is 1050. The Hall–Kier alpha value is -3.21. The summed E-state index contributed by atoms with van der Waals surface area (Å²) in [6.45, 7) is 4.69. The van der Waals surface area contributed by atoms with Crippen LogP contribution < -0.4 is 5.32 Å². The van der Waals surface area contributed by atoms with Crippen LogP contribution in [0.3, 0.4) is 0 Å². The third-order valence-electron chi connectivity index (χ3n) is 3.65. The average molecular weight is 369 g/mol. The zero-order chi connectivity index (χ0) is 18.1. The minimum atomic E-state index is -0.447. The van der Waals surface area contributed by atoms with Gasteiger partial charge in [0.05, 0.1) is 5.69 Å². The molecule has 0 saturated heterocycles. The van der Waals surface area contributed by atoms with Crippen LogP contribution in [0.25, 0.3) is 5.78 Å². The van der Waals surface area contributed by atoms with Gasteiger partial charge in [-0.25, -0.2) is 9.50 Å². The zero-order valence-electron chi connectivity index (χ0n) is 14.1. The minimum absolute atomic E-state index is 0.0306. The molecule has 0 aliphatic heterocycles. The lowest BCUT2D eigenvalue weighted by Gasteiger charge is -2.01. The zero-order valence-corrected chi connectivity index (χ0v) is 14.9. The molecule has 0 fully saturated rings. The van der Waals surface area contributed by atoms with Crippen LogP contribution in [0.15, 0.2) is 24.5 Å². The van der Waals surface area contributed by atoms with Gasteiger partial charge in [0.2, 0.25) is 11.0 Å². The number of hydrogen-bond donors (Lipinski definition) is 1. The first-order chi connectivity index (χ1) is 12.6. The molecule has 0 bridgehead atoms. The number of aryl methyl sites for hydroxylation is 4. The van der Waals surface area contributed by atoms with E-state index in [-0.39, 0.29) is 5.82 Å². The Kier molecular flexibility index (Phi) is 4.13. The Morgan fingerprint density at radius 3 is 2.92 bits per heavy atom. The number of aromatic nitrogens is 8. The molecule has 4 aromatic heterocycles. The summed E-state index contributed by atoms with van der Waals surface area (Å²) in [5.74, 6) is -0.0553. The highest BCUT2D eigenvalue weighted by atomic mass is 32.1. The van der Waals surface area contributed by atoms with E-state index < -0.39 is 5.91 Å². The molecule has 0 aromatic carbocycles. The Morgan fingerprint density at radius 1 is 1.27 bits per heavy atom. The largest absolute Gasteiger partial charge is 0.297 e. The molecule has 0 spiro atoms. The van der Waals surface area contributed by atoms with Crippen molar-refractivity contribution in [1.29, 1.82) is 0 Å². The highest BCUT2D eigenvalue weighted by molar-refractivity contribution is 7.15. The first-order valence-corrected chi connectivity index (χ1v) is 8.72. The predicted octanol–water partition coefficient (Wildman–Crippen LogP) is 1.28. The van der Waals surface area contributed by atoms with E-state index in [0.717, 1.165) is 16.4 Å². The Morgan fingerprint density at radius 2 is 2.15 bits per heavy atom. The minimum Gasteiger partial charge on any atom is -0.294 e. The molecule has 0 aliphatic rings. The molecule has 0 saturated carbocycles. The molecular formula is C15H15N9OS. The van der Waals surface area contributed by atoms with Gasteiger partial charge < -0.3 is 0 Å². The van der Waals surface area contributed by atoms with E-state index in [9.17, 15) is 4.79 Å². The van der Waals surface area contributed by atoms with Gasteiger partial charge in [-0.1, -0.05) is 11.3 Å². The fourth-order valence-corrected chi connectivity index (χ4v) is 3.21. The maximum absolute atomic E-state index is 12.3. The second-order valence-electron chi connectivity index (χ2n) is 5.65. The monoisotopic (exact) mass is 369 g/mol. The lowest BCUT2D eigenvalue weighted by Crippen LogP contribution is -2.13. The number of nitrogens with zero attached hydrogens (tertiary/aromatic N) is 8. The van der Waals surface area contributed by atoms with Gasteiger partial charge in [-0.05, 0) is 26.0 Å². The van der Waals surface area contributed by atoms with Crippen molar-refractivity contribution in [3.63, 3.8) is 0 Å². The summed E-state index contributed by atoms with van der Waals surface area (Å²) in [7, 11) is 0. The van der Waals surface area contributed by atoms with Crippen LogP contribution in [-0.2, 0) is 13.0 Å². The van der Waals surface area contributed by atoms with Gasteiger partial charge in [-0.15, -0.1) is 15.3 Å². The molecule has 4 aromatic rings. The summed E-state index contributed by atoms with van der Waals surface area (Å²) in [6.07, 6.45) is 3.95. The van der Waals surface area contributed by atoms with Gasteiger partial charge >= 0.3 is 0 Å². The van der Waals surface area contributed by atoms with Crippen molar-refractivity contribution in [2.45, 2.75) is 26.8 Å². The molecule has 0 atom stereocenters. The molecule has 11 heteroatoms. The number of rotatable bonds is 5. The van der Waals surface area contributed by atoms with E-state index in [1.165, 1.54) is 15.9 Å². The Labute approximate surface area is 151 Å². The number of fused-ring (bicyclic) bond motifs is 1. The van der Waals surface area contributed by atoms with Crippen LogP contribution in [0.1, 0.15) is 27.0 Å². The number of nitrogens with one attached hydrogen (secondary N) is 1. The first kappa shape index (κ1) is 16.3. The summed E-state index contributed by atoms with van der Waals surface area (Å²) in [6, 6.07) is 3.74. The summed E-state index contributed by atoms with van der Waals surface area (Å²) in [5.41, 5.74) is 2.09. The molecule has 4 heterocycles. The smallest absolute Gasteiger partial charge is 0.294 e. The first-order valence-electron chi connectivity index (χ1n) is 7.91.